The molecule has 7 rings (SSSR count). The van der Waals surface area contributed by atoms with Crippen molar-refractivity contribution in [2.45, 2.75) is 56.8 Å². The zero-order valence-electron chi connectivity index (χ0n) is 28.3. The van der Waals surface area contributed by atoms with Gasteiger partial charge in [-0.25, -0.2) is 0 Å². The summed E-state index contributed by atoms with van der Waals surface area (Å²) in [6.45, 7) is 5.37. The molecule has 52 heavy (non-hydrogen) atoms. The Labute approximate surface area is 297 Å². The maximum atomic E-state index is 14.7. The highest BCUT2D eigenvalue weighted by molar-refractivity contribution is 6.09. The molecule has 12 heteroatoms. The van der Waals surface area contributed by atoms with Crippen molar-refractivity contribution in [1.29, 1.82) is 0 Å². The number of ether oxygens (including phenoxy) is 2. The number of Topliss-reactive ketones (excluding diaryl/α,β-unsaturated/α-hetero) is 2. The van der Waals surface area contributed by atoms with Crippen LogP contribution in [-0.4, -0.2) is 58.2 Å². The van der Waals surface area contributed by atoms with Crippen molar-refractivity contribution < 1.29 is 59.9 Å². The van der Waals surface area contributed by atoms with Gasteiger partial charge in [-0.2, -0.15) is 0 Å². The average Bonchev–Trinajstić information content (AvgIpc) is 3.31. The molecule has 4 aromatic carbocycles. The quantitative estimate of drug-likeness (QED) is 0.0824. The van der Waals surface area contributed by atoms with Crippen molar-refractivity contribution in [1.82, 2.24) is 0 Å². The normalized spacial score (nSPS) is 24.4. The topological polar surface area (TPSA) is 214 Å². The molecule has 0 amide bonds. The van der Waals surface area contributed by atoms with Crippen LogP contribution in [0.2, 0.25) is 0 Å². The fourth-order valence-electron chi connectivity index (χ4n) is 7.85. The van der Waals surface area contributed by atoms with Crippen LogP contribution in [0.25, 0.3) is 0 Å². The van der Waals surface area contributed by atoms with E-state index in [1.807, 2.05) is 0 Å². The molecule has 0 radical (unpaired) electrons. The minimum absolute atomic E-state index is 0.0526. The fraction of sp³-hybridized carbons (Fsp3) is 0.250. The summed E-state index contributed by atoms with van der Waals surface area (Å²) in [6, 6.07) is 12.3. The SMILES string of the molecule is CC(C)=CC[C@@]12Oc3c(c(O)cc(O)c3[C@@H]3C=C(C)C[C@H](c4ccc(O)cc4O)[C@H]3C(=O)c3ccc(O)cc3O)C(=O)[C@]1(O)Oc1cc(O)ccc12. The number of phenolic OH excluding ortho intramolecular Hbond substituents is 7. The van der Waals surface area contributed by atoms with Crippen LogP contribution in [0, 0.1) is 5.92 Å². The van der Waals surface area contributed by atoms with E-state index in [2.05, 4.69) is 0 Å². The molecule has 0 aromatic heterocycles. The maximum absolute atomic E-state index is 14.7. The smallest absolute Gasteiger partial charge is 0.318 e. The number of carbonyl (C=O) groups excluding carboxylic acids is 2. The molecule has 0 fully saturated rings. The van der Waals surface area contributed by atoms with E-state index in [1.54, 1.807) is 32.9 Å². The number of phenols is 7. The monoisotopic (exact) mass is 708 g/mol. The second-order valence-electron chi connectivity index (χ2n) is 13.9. The van der Waals surface area contributed by atoms with Gasteiger partial charge in [0.25, 0.3) is 0 Å². The minimum Gasteiger partial charge on any atom is -0.508 e. The molecule has 2 aliphatic heterocycles. The number of ketones is 2. The molecule has 4 aromatic rings. The Morgan fingerprint density at radius 2 is 1.48 bits per heavy atom. The summed E-state index contributed by atoms with van der Waals surface area (Å²) in [4.78, 5) is 29.3. The van der Waals surface area contributed by atoms with Crippen LogP contribution in [0.3, 0.4) is 0 Å². The number of aliphatic hydroxyl groups is 1. The van der Waals surface area contributed by atoms with Gasteiger partial charge in [0, 0.05) is 59.6 Å². The summed E-state index contributed by atoms with van der Waals surface area (Å²) >= 11 is 0. The van der Waals surface area contributed by atoms with Gasteiger partial charge in [0.1, 0.15) is 57.3 Å². The fourth-order valence-corrected chi connectivity index (χ4v) is 7.85. The highest BCUT2D eigenvalue weighted by atomic mass is 16.7. The zero-order chi connectivity index (χ0) is 37.4. The molecule has 0 unspecified atom stereocenters. The Hall–Kier alpha value is -6.14. The van der Waals surface area contributed by atoms with Crippen molar-refractivity contribution in [3.8, 4) is 51.7 Å². The lowest BCUT2D eigenvalue weighted by atomic mass is 9.64. The number of benzene rings is 4. The second-order valence-corrected chi connectivity index (χ2v) is 13.9. The second kappa shape index (κ2) is 12.0. The summed E-state index contributed by atoms with van der Waals surface area (Å²) in [6.07, 6.45) is 3.47. The highest BCUT2D eigenvalue weighted by Gasteiger charge is 2.70. The summed E-state index contributed by atoms with van der Waals surface area (Å²) in [7, 11) is 0. The summed E-state index contributed by atoms with van der Waals surface area (Å²) < 4.78 is 12.6. The number of allylic oxidation sites excluding steroid dienone is 3. The van der Waals surface area contributed by atoms with Crippen LogP contribution in [0.1, 0.15) is 82.9 Å². The van der Waals surface area contributed by atoms with Gasteiger partial charge < -0.3 is 50.3 Å². The molecule has 2 heterocycles. The van der Waals surface area contributed by atoms with E-state index >= 15 is 0 Å². The van der Waals surface area contributed by atoms with Crippen molar-refractivity contribution in [3.63, 3.8) is 0 Å². The first-order valence-electron chi connectivity index (χ1n) is 16.5. The largest absolute Gasteiger partial charge is 0.508 e. The van der Waals surface area contributed by atoms with Crippen molar-refractivity contribution in [3.05, 3.63) is 112 Å². The number of carbonyl (C=O) groups is 2. The van der Waals surface area contributed by atoms with Gasteiger partial charge in [0.05, 0.1) is 5.56 Å². The Kier molecular flexibility index (Phi) is 7.91. The molecule has 8 N–H and O–H groups in total. The third kappa shape index (κ3) is 5.09. The molecule has 3 aliphatic rings. The molecule has 0 spiro atoms. The first-order valence-corrected chi connectivity index (χ1v) is 16.5. The maximum Gasteiger partial charge on any atom is 0.318 e. The van der Waals surface area contributed by atoms with Gasteiger partial charge in [-0.15, -0.1) is 0 Å². The summed E-state index contributed by atoms with van der Waals surface area (Å²) in [5.74, 6) is -11.0. The van der Waals surface area contributed by atoms with E-state index in [1.165, 1.54) is 42.5 Å². The standard InChI is InChI=1S/C40H36O12/c1-18(2)10-11-39-27-9-6-22(43)16-32(27)51-40(39,50)38(49)35-31(47)17-30(46)34(37(35)52-39)26-13-19(3)12-25(23-7-4-20(41)14-28(23)44)33(26)36(48)24-8-5-21(42)15-29(24)45/h4-10,13-17,25-26,33,41-47,50H,11-12H2,1-3H3/t25-,26-,33-,39+,40+/m1/s1. The molecular weight excluding hydrogens is 672 g/mol. The summed E-state index contributed by atoms with van der Waals surface area (Å²) in [5.41, 5.74) is -0.864. The lowest BCUT2D eigenvalue weighted by Crippen LogP contribution is -2.62. The molecule has 0 bridgehead atoms. The first-order chi connectivity index (χ1) is 24.6. The lowest BCUT2D eigenvalue weighted by Gasteiger charge is -2.45. The Balaban J connectivity index is 1.51. The van der Waals surface area contributed by atoms with Gasteiger partial charge in [-0.3, -0.25) is 9.59 Å². The molecule has 268 valence electrons. The Morgan fingerprint density at radius 1 is 0.827 bits per heavy atom. The molecular formula is C40H36O12. The molecule has 12 nitrogen and oxygen atoms in total. The van der Waals surface area contributed by atoms with Crippen molar-refractivity contribution >= 4 is 11.6 Å². The van der Waals surface area contributed by atoms with E-state index in [4.69, 9.17) is 9.47 Å². The zero-order valence-corrected chi connectivity index (χ0v) is 28.3. The minimum atomic E-state index is -2.75. The van der Waals surface area contributed by atoms with Crippen LogP contribution in [0.15, 0.2) is 84.0 Å². The van der Waals surface area contributed by atoms with Gasteiger partial charge in [-0.1, -0.05) is 29.4 Å². The lowest BCUT2D eigenvalue weighted by molar-refractivity contribution is -0.202. The number of hydrogen-bond donors (Lipinski definition) is 8. The van der Waals surface area contributed by atoms with Crippen molar-refractivity contribution in [2.24, 2.45) is 5.92 Å². The highest BCUT2D eigenvalue weighted by Crippen LogP contribution is 2.62. The first kappa shape index (κ1) is 34.3. The average molecular weight is 709 g/mol. The predicted molar refractivity (Wildman–Crippen MR) is 185 cm³/mol. The third-order valence-corrected chi connectivity index (χ3v) is 10.2. The number of rotatable bonds is 6. The van der Waals surface area contributed by atoms with Gasteiger partial charge in [0.2, 0.25) is 11.4 Å². The van der Waals surface area contributed by atoms with Crippen LogP contribution in [0.4, 0.5) is 0 Å². The van der Waals surface area contributed by atoms with E-state index in [-0.39, 0.29) is 69.6 Å². The number of aromatic hydroxyl groups is 7. The van der Waals surface area contributed by atoms with E-state index in [9.17, 15) is 50.4 Å². The van der Waals surface area contributed by atoms with Crippen LogP contribution in [-0.2, 0) is 5.60 Å². The molecule has 1 aliphatic carbocycles. The van der Waals surface area contributed by atoms with Gasteiger partial charge >= 0.3 is 5.79 Å². The Bertz CT molecular complexity index is 2250. The van der Waals surface area contributed by atoms with Gasteiger partial charge in [0.15, 0.2) is 5.78 Å². The van der Waals surface area contributed by atoms with Gasteiger partial charge in [-0.05, 0) is 63.1 Å². The van der Waals surface area contributed by atoms with Crippen LogP contribution >= 0.6 is 0 Å². The molecule has 5 atom stereocenters. The number of fused-ring (bicyclic) bond motifs is 4. The number of hydrogen-bond acceptors (Lipinski definition) is 12. The molecule has 0 saturated heterocycles. The van der Waals surface area contributed by atoms with Crippen LogP contribution < -0.4 is 9.47 Å². The van der Waals surface area contributed by atoms with E-state index in [0.717, 1.165) is 23.8 Å². The summed E-state index contributed by atoms with van der Waals surface area (Å²) in [5, 5.41) is 87.4. The third-order valence-electron chi connectivity index (χ3n) is 10.2. The Morgan fingerprint density at radius 3 is 2.15 bits per heavy atom. The van der Waals surface area contributed by atoms with E-state index in [0.29, 0.717) is 5.57 Å². The van der Waals surface area contributed by atoms with E-state index < -0.39 is 63.5 Å². The van der Waals surface area contributed by atoms with Crippen molar-refractivity contribution in [2.75, 3.05) is 0 Å². The molecule has 0 saturated carbocycles. The van der Waals surface area contributed by atoms with Crippen LogP contribution in [0.5, 0.6) is 51.7 Å². The predicted octanol–water partition coefficient (Wildman–Crippen LogP) is 6.25.